The summed E-state index contributed by atoms with van der Waals surface area (Å²) in [5.74, 6) is 0.957. The molecule has 1 aromatic heterocycles. The Bertz CT molecular complexity index is 777. The van der Waals surface area contributed by atoms with E-state index in [4.69, 9.17) is 9.73 Å². The zero-order valence-electron chi connectivity index (χ0n) is 16.5. The van der Waals surface area contributed by atoms with Gasteiger partial charge in [-0.05, 0) is 38.8 Å². The third-order valence-corrected chi connectivity index (χ3v) is 5.61. The van der Waals surface area contributed by atoms with Crippen LogP contribution in [-0.2, 0) is 11.3 Å². The number of nitrogens with one attached hydrogen (secondary N) is 1. The molecule has 1 aromatic carbocycles. The summed E-state index contributed by atoms with van der Waals surface area (Å²) in [6, 6.07) is 6.59. The van der Waals surface area contributed by atoms with Crippen molar-refractivity contribution >= 4 is 41.3 Å². The van der Waals surface area contributed by atoms with Gasteiger partial charge in [0.15, 0.2) is 5.96 Å². The van der Waals surface area contributed by atoms with Crippen molar-refractivity contribution in [3.05, 3.63) is 51.0 Å². The number of aromatic nitrogens is 1. The number of rotatable bonds is 4. The largest absolute Gasteiger partial charge is 0.370 e. The van der Waals surface area contributed by atoms with Gasteiger partial charge in [0.25, 0.3) is 0 Å². The molecule has 27 heavy (non-hydrogen) atoms. The van der Waals surface area contributed by atoms with Crippen LogP contribution < -0.4 is 5.32 Å². The van der Waals surface area contributed by atoms with E-state index >= 15 is 0 Å². The monoisotopic (exact) mass is 500 g/mol. The van der Waals surface area contributed by atoms with Gasteiger partial charge in [-0.2, -0.15) is 0 Å². The molecule has 2 heterocycles. The van der Waals surface area contributed by atoms with Crippen molar-refractivity contribution in [1.82, 2.24) is 15.2 Å². The molecule has 3 rings (SSSR count). The number of halogens is 1. The summed E-state index contributed by atoms with van der Waals surface area (Å²) < 4.78 is 6.08. The molecular formula is C20H29IN4OS. The van der Waals surface area contributed by atoms with Crippen LogP contribution in [0.2, 0.25) is 0 Å². The minimum atomic E-state index is 0. The molecule has 1 fully saturated rings. The lowest BCUT2D eigenvalue weighted by Crippen LogP contribution is -2.48. The lowest BCUT2D eigenvalue weighted by atomic mass is 10.00. The molecule has 0 radical (unpaired) electrons. The lowest BCUT2D eigenvalue weighted by Gasteiger charge is -2.36. The van der Waals surface area contributed by atoms with E-state index in [1.165, 1.54) is 21.6 Å². The summed E-state index contributed by atoms with van der Waals surface area (Å²) in [5, 5.41) is 3.43. The van der Waals surface area contributed by atoms with Crippen LogP contribution in [-0.4, -0.2) is 42.1 Å². The van der Waals surface area contributed by atoms with Crippen molar-refractivity contribution in [3.8, 4) is 0 Å². The summed E-state index contributed by atoms with van der Waals surface area (Å²) in [6.45, 7) is 12.3. The average molecular weight is 500 g/mol. The molecule has 2 aromatic rings. The SMILES string of the molecule is CCNC(=NCc1scnc1C)N1CCOC(c2ccc(C)cc2C)C1.I. The Morgan fingerprint density at radius 3 is 2.85 bits per heavy atom. The van der Waals surface area contributed by atoms with Crippen molar-refractivity contribution in [2.24, 2.45) is 4.99 Å². The van der Waals surface area contributed by atoms with Crippen molar-refractivity contribution in [2.45, 2.75) is 40.3 Å². The Morgan fingerprint density at radius 2 is 2.19 bits per heavy atom. The number of hydrogen-bond acceptors (Lipinski definition) is 4. The van der Waals surface area contributed by atoms with E-state index in [-0.39, 0.29) is 30.1 Å². The Balaban J connectivity index is 0.00000261. The van der Waals surface area contributed by atoms with Crippen LogP contribution in [0.3, 0.4) is 0 Å². The predicted molar refractivity (Wildman–Crippen MR) is 123 cm³/mol. The maximum absolute atomic E-state index is 6.08. The second-order valence-corrected chi connectivity index (χ2v) is 7.64. The first-order chi connectivity index (χ1) is 12.6. The fraction of sp³-hybridized carbons (Fsp3) is 0.500. The molecule has 1 aliphatic rings. The van der Waals surface area contributed by atoms with Gasteiger partial charge < -0.3 is 15.0 Å². The van der Waals surface area contributed by atoms with Gasteiger partial charge in [-0.3, -0.25) is 0 Å². The Kier molecular flexibility index (Phi) is 8.50. The van der Waals surface area contributed by atoms with E-state index in [1.807, 2.05) is 12.4 Å². The first kappa shape index (κ1) is 22.1. The topological polar surface area (TPSA) is 49.8 Å². The highest BCUT2D eigenvalue weighted by Gasteiger charge is 2.25. The minimum Gasteiger partial charge on any atom is -0.370 e. The number of hydrogen-bond donors (Lipinski definition) is 1. The molecule has 1 saturated heterocycles. The number of morpholine rings is 1. The van der Waals surface area contributed by atoms with E-state index in [0.717, 1.165) is 31.3 Å². The molecule has 0 amide bonds. The lowest BCUT2D eigenvalue weighted by molar-refractivity contribution is -0.00834. The number of ether oxygens (including phenoxy) is 1. The summed E-state index contributed by atoms with van der Waals surface area (Å²) >= 11 is 1.67. The second-order valence-electron chi connectivity index (χ2n) is 6.70. The van der Waals surface area contributed by atoms with Crippen molar-refractivity contribution in [2.75, 3.05) is 26.2 Å². The van der Waals surface area contributed by atoms with E-state index in [9.17, 15) is 0 Å². The molecule has 1 N–H and O–H groups in total. The van der Waals surface area contributed by atoms with Gasteiger partial charge in [0.2, 0.25) is 0 Å². The van der Waals surface area contributed by atoms with E-state index < -0.39 is 0 Å². The van der Waals surface area contributed by atoms with E-state index in [2.05, 4.69) is 54.2 Å². The average Bonchev–Trinajstić information content (AvgIpc) is 3.04. The van der Waals surface area contributed by atoms with Gasteiger partial charge in [0.05, 0.1) is 30.9 Å². The quantitative estimate of drug-likeness (QED) is 0.388. The van der Waals surface area contributed by atoms with Gasteiger partial charge in [-0.1, -0.05) is 23.8 Å². The normalized spacial score (nSPS) is 17.6. The fourth-order valence-corrected chi connectivity index (χ4v) is 3.97. The first-order valence-corrected chi connectivity index (χ1v) is 10.1. The zero-order valence-corrected chi connectivity index (χ0v) is 19.6. The van der Waals surface area contributed by atoms with Crippen LogP contribution in [0.4, 0.5) is 0 Å². The van der Waals surface area contributed by atoms with Gasteiger partial charge in [0.1, 0.15) is 6.10 Å². The van der Waals surface area contributed by atoms with Crippen LogP contribution in [0.25, 0.3) is 0 Å². The number of aryl methyl sites for hydroxylation is 3. The molecule has 7 heteroatoms. The third kappa shape index (κ3) is 5.65. The number of nitrogens with zero attached hydrogens (tertiary/aromatic N) is 3. The Hall–Kier alpha value is -1.19. The molecule has 1 atom stereocenters. The van der Waals surface area contributed by atoms with E-state index in [0.29, 0.717) is 13.2 Å². The number of benzene rings is 1. The highest BCUT2D eigenvalue weighted by Crippen LogP contribution is 2.26. The molecule has 1 unspecified atom stereocenters. The number of guanidine groups is 1. The summed E-state index contributed by atoms with van der Waals surface area (Å²) in [4.78, 5) is 12.7. The molecule has 0 saturated carbocycles. The highest BCUT2D eigenvalue weighted by molar-refractivity contribution is 14.0. The molecular weight excluding hydrogens is 471 g/mol. The molecule has 5 nitrogen and oxygen atoms in total. The third-order valence-electron chi connectivity index (χ3n) is 4.69. The summed E-state index contributed by atoms with van der Waals surface area (Å²) in [6.07, 6.45) is 0.0818. The van der Waals surface area contributed by atoms with Gasteiger partial charge >= 0.3 is 0 Å². The maximum Gasteiger partial charge on any atom is 0.194 e. The standard InChI is InChI=1S/C20H28N4OS.HI/c1-5-21-20(22-11-19-16(4)23-13-26-19)24-8-9-25-18(12-24)17-7-6-14(2)10-15(17)3;/h6-7,10,13,18H,5,8-9,11-12H2,1-4H3,(H,21,22);1H. The van der Waals surface area contributed by atoms with Crippen LogP contribution in [0.5, 0.6) is 0 Å². The van der Waals surface area contributed by atoms with Crippen LogP contribution in [0.15, 0.2) is 28.7 Å². The van der Waals surface area contributed by atoms with Gasteiger partial charge in [-0.25, -0.2) is 9.98 Å². The Morgan fingerprint density at radius 1 is 1.37 bits per heavy atom. The highest BCUT2D eigenvalue weighted by atomic mass is 127. The fourth-order valence-electron chi connectivity index (χ4n) is 3.27. The van der Waals surface area contributed by atoms with Gasteiger partial charge in [0, 0.05) is 18.0 Å². The van der Waals surface area contributed by atoms with Crippen LogP contribution in [0, 0.1) is 20.8 Å². The minimum absolute atomic E-state index is 0. The van der Waals surface area contributed by atoms with Crippen molar-refractivity contribution < 1.29 is 4.74 Å². The smallest absolute Gasteiger partial charge is 0.194 e. The molecule has 0 aliphatic carbocycles. The zero-order chi connectivity index (χ0) is 18.5. The molecule has 0 spiro atoms. The Labute approximate surface area is 183 Å². The maximum atomic E-state index is 6.08. The van der Waals surface area contributed by atoms with Crippen molar-refractivity contribution in [3.63, 3.8) is 0 Å². The van der Waals surface area contributed by atoms with Crippen molar-refractivity contribution in [1.29, 1.82) is 0 Å². The predicted octanol–water partition coefficient (Wildman–Crippen LogP) is 4.23. The van der Waals surface area contributed by atoms with Crippen LogP contribution in [0.1, 0.15) is 40.3 Å². The van der Waals surface area contributed by atoms with Gasteiger partial charge in [-0.15, -0.1) is 35.3 Å². The number of aliphatic imine (C=N–C) groups is 1. The summed E-state index contributed by atoms with van der Waals surface area (Å²) in [5.41, 5.74) is 6.81. The number of thiazole rings is 1. The molecule has 0 bridgehead atoms. The molecule has 1 aliphatic heterocycles. The van der Waals surface area contributed by atoms with E-state index in [1.54, 1.807) is 11.3 Å². The first-order valence-electron chi connectivity index (χ1n) is 9.19. The molecule has 148 valence electrons. The summed E-state index contributed by atoms with van der Waals surface area (Å²) in [7, 11) is 0. The van der Waals surface area contributed by atoms with Crippen LogP contribution >= 0.6 is 35.3 Å². The second kappa shape index (κ2) is 10.4.